The van der Waals surface area contributed by atoms with E-state index in [1.165, 1.54) is 4.57 Å². The van der Waals surface area contributed by atoms with Crippen molar-refractivity contribution in [1.82, 2.24) is 9.13 Å². The molecular formula is C8H13N3OS. The van der Waals surface area contributed by atoms with Crippen molar-refractivity contribution >= 4 is 17.2 Å². The van der Waals surface area contributed by atoms with E-state index in [9.17, 15) is 4.79 Å². The number of thiocarbonyl (C=S) groups is 1. The van der Waals surface area contributed by atoms with Gasteiger partial charge in [-0.2, -0.15) is 0 Å². The first-order valence-corrected chi connectivity index (χ1v) is 4.44. The van der Waals surface area contributed by atoms with Crippen LogP contribution < -0.4 is 11.4 Å². The Kier molecular flexibility index (Phi) is 2.87. The fraction of sp³-hybridized carbons (Fsp3) is 0.500. The van der Waals surface area contributed by atoms with E-state index in [1.54, 1.807) is 24.0 Å². The largest absolute Gasteiger partial charge is 0.393 e. The lowest BCUT2D eigenvalue weighted by Crippen LogP contribution is -2.29. The van der Waals surface area contributed by atoms with E-state index < -0.39 is 0 Å². The predicted octanol–water partition coefficient (Wildman–Crippen LogP) is 0.109. The molecular weight excluding hydrogens is 186 g/mol. The zero-order valence-electron chi connectivity index (χ0n) is 7.73. The van der Waals surface area contributed by atoms with Gasteiger partial charge in [-0.25, -0.2) is 4.79 Å². The summed E-state index contributed by atoms with van der Waals surface area (Å²) < 4.78 is 3.12. The highest BCUT2D eigenvalue weighted by atomic mass is 32.1. The molecule has 0 aliphatic heterocycles. The van der Waals surface area contributed by atoms with Crippen LogP contribution in [0.5, 0.6) is 0 Å². The van der Waals surface area contributed by atoms with E-state index >= 15 is 0 Å². The third-order valence-electron chi connectivity index (χ3n) is 1.97. The Balaban J connectivity index is 2.81. The van der Waals surface area contributed by atoms with Crippen molar-refractivity contribution in [2.24, 2.45) is 18.7 Å². The first kappa shape index (κ1) is 9.98. The van der Waals surface area contributed by atoms with E-state index in [0.29, 0.717) is 11.5 Å². The van der Waals surface area contributed by atoms with Crippen LogP contribution in [0.25, 0.3) is 0 Å². The minimum atomic E-state index is -0.0388. The highest BCUT2D eigenvalue weighted by molar-refractivity contribution is 7.80. The second-order valence-corrected chi connectivity index (χ2v) is 3.62. The summed E-state index contributed by atoms with van der Waals surface area (Å²) in [5.74, 6) is 0.0510. The number of hydrogen-bond acceptors (Lipinski definition) is 2. The quantitative estimate of drug-likeness (QED) is 0.703. The minimum absolute atomic E-state index is 0.0388. The van der Waals surface area contributed by atoms with Gasteiger partial charge in [0.25, 0.3) is 0 Å². The van der Waals surface area contributed by atoms with E-state index in [4.69, 9.17) is 18.0 Å². The lowest BCUT2D eigenvalue weighted by Gasteiger charge is -2.08. The molecule has 1 aromatic rings. The number of nitrogens with zero attached hydrogens (tertiary/aromatic N) is 2. The molecule has 0 saturated carbocycles. The average Bonchev–Trinajstić information content (AvgIpc) is 2.36. The highest BCUT2D eigenvalue weighted by Gasteiger charge is 2.07. The number of hydrogen-bond donors (Lipinski definition) is 1. The van der Waals surface area contributed by atoms with Gasteiger partial charge in [-0.3, -0.25) is 4.57 Å². The van der Waals surface area contributed by atoms with Crippen LogP contribution in [0.3, 0.4) is 0 Å². The third-order valence-corrected chi connectivity index (χ3v) is 2.38. The summed E-state index contributed by atoms with van der Waals surface area (Å²) in [7, 11) is 1.71. The number of aryl methyl sites for hydroxylation is 1. The Morgan fingerprint density at radius 2 is 2.31 bits per heavy atom. The Labute approximate surface area is 82.0 Å². The minimum Gasteiger partial charge on any atom is -0.393 e. The maximum atomic E-state index is 11.4. The lowest BCUT2D eigenvalue weighted by molar-refractivity contribution is 0.572. The summed E-state index contributed by atoms with van der Waals surface area (Å²) in [6.45, 7) is 2.46. The Hall–Kier alpha value is -1.10. The summed E-state index contributed by atoms with van der Waals surface area (Å²) >= 11 is 4.82. The van der Waals surface area contributed by atoms with Gasteiger partial charge in [0.05, 0.1) is 4.99 Å². The summed E-state index contributed by atoms with van der Waals surface area (Å²) in [6, 6.07) is 0. The summed E-state index contributed by atoms with van der Waals surface area (Å²) in [5, 5.41) is 0. The Morgan fingerprint density at radius 3 is 2.69 bits per heavy atom. The summed E-state index contributed by atoms with van der Waals surface area (Å²) in [6.07, 6.45) is 3.45. The monoisotopic (exact) mass is 199 g/mol. The zero-order valence-corrected chi connectivity index (χ0v) is 8.54. The first-order chi connectivity index (χ1) is 6.02. The van der Waals surface area contributed by atoms with Gasteiger partial charge in [0, 0.05) is 31.9 Å². The third kappa shape index (κ3) is 2.18. The molecule has 1 rings (SSSR count). The van der Waals surface area contributed by atoms with Gasteiger partial charge in [-0.1, -0.05) is 19.1 Å². The maximum Gasteiger partial charge on any atom is 0.327 e. The molecule has 0 aliphatic carbocycles. The molecule has 1 heterocycles. The molecule has 4 nitrogen and oxygen atoms in total. The summed E-state index contributed by atoms with van der Waals surface area (Å²) in [5.41, 5.74) is 5.41. The second-order valence-electron chi connectivity index (χ2n) is 3.15. The van der Waals surface area contributed by atoms with Gasteiger partial charge in [0.2, 0.25) is 0 Å². The van der Waals surface area contributed by atoms with Gasteiger partial charge in [0.1, 0.15) is 0 Å². The van der Waals surface area contributed by atoms with E-state index in [-0.39, 0.29) is 11.6 Å². The Bertz CT molecular complexity index is 366. The molecule has 0 fully saturated rings. The molecule has 0 saturated heterocycles. The standard InChI is InChI=1S/C8H13N3OS/c1-6(7(9)13)5-11-4-3-10(2)8(11)12/h3-4,6H,5H2,1-2H3,(H2,9,13). The van der Waals surface area contributed by atoms with Crippen LogP contribution in [0, 0.1) is 5.92 Å². The molecule has 1 atom stereocenters. The van der Waals surface area contributed by atoms with Crippen molar-refractivity contribution in [3.05, 3.63) is 22.9 Å². The van der Waals surface area contributed by atoms with Crippen molar-refractivity contribution in [1.29, 1.82) is 0 Å². The molecule has 5 heteroatoms. The Morgan fingerprint density at radius 1 is 1.69 bits per heavy atom. The van der Waals surface area contributed by atoms with E-state index in [0.717, 1.165) is 0 Å². The topological polar surface area (TPSA) is 53.0 Å². The van der Waals surface area contributed by atoms with Crippen molar-refractivity contribution < 1.29 is 0 Å². The smallest absolute Gasteiger partial charge is 0.327 e. The number of nitrogens with two attached hydrogens (primary N) is 1. The molecule has 0 radical (unpaired) electrons. The maximum absolute atomic E-state index is 11.4. The molecule has 0 amide bonds. The fourth-order valence-corrected chi connectivity index (χ4v) is 1.11. The number of imidazole rings is 1. The van der Waals surface area contributed by atoms with Crippen LogP contribution in [0.2, 0.25) is 0 Å². The summed E-state index contributed by atoms with van der Waals surface area (Å²) in [4.78, 5) is 11.8. The number of rotatable bonds is 3. The van der Waals surface area contributed by atoms with Gasteiger partial charge in [0.15, 0.2) is 0 Å². The predicted molar refractivity (Wildman–Crippen MR) is 55.6 cm³/mol. The van der Waals surface area contributed by atoms with Crippen LogP contribution >= 0.6 is 12.2 Å². The van der Waals surface area contributed by atoms with Gasteiger partial charge in [-0.05, 0) is 0 Å². The second kappa shape index (κ2) is 3.74. The van der Waals surface area contributed by atoms with E-state index in [1.807, 2.05) is 6.92 Å². The molecule has 0 aliphatic rings. The van der Waals surface area contributed by atoms with E-state index in [2.05, 4.69) is 0 Å². The SMILES string of the molecule is CC(Cn1ccn(C)c1=O)C(N)=S. The number of aromatic nitrogens is 2. The van der Waals surface area contributed by atoms with Crippen LogP contribution in [-0.2, 0) is 13.6 Å². The molecule has 0 spiro atoms. The van der Waals surface area contributed by atoms with Gasteiger partial charge < -0.3 is 10.3 Å². The van der Waals surface area contributed by atoms with Gasteiger partial charge >= 0.3 is 5.69 Å². The highest BCUT2D eigenvalue weighted by Crippen LogP contribution is 1.98. The van der Waals surface area contributed by atoms with Crippen LogP contribution in [-0.4, -0.2) is 14.1 Å². The van der Waals surface area contributed by atoms with Crippen LogP contribution in [0.4, 0.5) is 0 Å². The molecule has 13 heavy (non-hydrogen) atoms. The van der Waals surface area contributed by atoms with Crippen LogP contribution in [0.15, 0.2) is 17.2 Å². The molecule has 2 N–H and O–H groups in total. The zero-order chi connectivity index (χ0) is 10.0. The van der Waals surface area contributed by atoms with Crippen molar-refractivity contribution in [2.75, 3.05) is 0 Å². The van der Waals surface area contributed by atoms with Gasteiger partial charge in [-0.15, -0.1) is 0 Å². The lowest BCUT2D eigenvalue weighted by atomic mass is 10.2. The first-order valence-electron chi connectivity index (χ1n) is 4.03. The average molecular weight is 199 g/mol. The van der Waals surface area contributed by atoms with Crippen molar-refractivity contribution in [3.8, 4) is 0 Å². The van der Waals surface area contributed by atoms with Crippen LogP contribution in [0.1, 0.15) is 6.92 Å². The normalized spacial score (nSPS) is 12.8. The molecule has 72 valence electrons. The molecule has 0 aromatic carbocycles. The molecule has 1 unspecified atom stereocenters. The fourth-order valence-electron chi connectivity index (χ4n) is 1.03. The van der Waals surface area contributed by atoms with Crippen molar-refractivity contribution in [2.45, 2.75) is 13.5 Å². The van der Waals surface area contributed by atoms with Crippen molar-refractivity contribution in [3.63, 3.8) is 0 Å². The molecule has 1 aromatic heterocycles. The molecule has 0 bridgehead atoms.